The SMILES string of the molecule is CC(C)(Cc1c(F)c(F)cc2c1OCCO2)C(=O)O. The van der Waals surface area contributed by atoms with Gasteiger partial charge in [0.1, 0.15) is 13.2 Å². The molecule has 104 valence electrons. The number of aliphatic carboxylic acids is 1. The first-order valence-corrected chi connectivity index (χ1v) is 5.83. The molecule has 0 unspecified atom stereocenters. The second kappa shape index (κ2) is 4.68. The molecule has 0 radical (unpaired) electrons. The summed E-state index contributed by atoms with van der Waals surface area (Å²) in [6.45, 7) is 3.35. The maximum atomic E-state index is 13.9. The van der Waals surface area contributed by atoms with E-state index in [1.54, 1.807) is 0 Å². The molecule has 0 saturated carbocycles. The minimum atomic E-state index is -1.23. The predicted octanol–water partition coefficient (Wildman–Crippen LogP) is 2.39. The molecule has 0 aliphatic carbocycles. The summed E-state index contributed by atoms with van der Waals surface area (Å²) in [5.41, 5.74) is -1.33. The lowest BCUT2D eigenvalue weighted by Gasteiger charge is -2.25. The van der Waals surface area contributed by atoms with Gasteiger partial charge in [0.05, 0.1) is 5.41 Å². The van der Waals surface area contributed by atoms with Gasteiger partial charge in [-0.25, -0.2) is 8.78 Å². The van der Waals surface area contributed by atoms with Crippen LogP contribution in [-0.2, 0) is 11.2 Å². The van der Waals surface area contributed by atoms with E-state index in [0.717, 1.165) is 6.07 Å². The molecule has 0 saturated heterocycles. The summed E-state index contributed by atoms with van der Waals surface area (Å²) >= 11 is 0. The Morgan fingerprint density at radius 1 is 1.37 bits per heavy atom. The number of carbonyl (C=O) groups is 1. The van der Waals surface area contributed by atoms with Gasteiger partial charge >= 0.3 is 5.97 Å². The normalized spacial score (nSPS) is 14.3. The van der Waals surface area contributed by atoms with E-state index < -0.39 is 23.0 Å². The molecule has 1 aromatic carbocycles. The number of rotatable bonds is 3. The Balaban J connectivity index is 2.49. The minimum Gasteiger partial charge on any atom is -0.486 e. The predicted molar refractivity (Wildman–Crippen MR) is 62.5 cm³/mol. The van der Waals surface area contributed by atoms with Crippen molar-refractivity contribution >= 4 is 5.97 Å². The van der Waals surface area contributed by atoms with Gasteiger partial charge in [-0.15, -0.1) is 0 Å². The molecule has 0 fully saturated rings. The summed E-state index contributed by atoms with van der Waals surface area (Å²) in [6.07, 6.45) is -0.183. The van der Waals surface area contributed by atoms with E-state index in [9.17, 15) is 13.6 Å². The third-order valence-corrected chi connectivity index (χ3v) is 3.02. The van der Waals surface area contributed by atoms with Gasteiger partial charge in [-0.1, -0.05) is 0 Å². The topological polar surface area (TPSA) is 55.8 Å². The average molecular weight is 272 g/mol. The Labute approximate surface area is 108 Å². The van der Waals surface area contributed by atoms with Crippen LogP contribution >= 0.6 is 0 Å². The van der Waals surface area contributed by atoms with Gasteiger partial charge in [0.25, 0.3) is 0 Å². The fraction of sp³-hybridized carbons (Fsp3) is 0.462. The van der Waals surface area contributed by atoms with Gasteiger partial charge in [0.2, 0.25) is 0 Å². The van der Waals surface area contributed by atoms with Gasteiger partial charge in [-0.2, -0.15) is 0 Å². The molecule has 0 spiro atoms. The third kappa shape index (κ3) is 2.47. The molecule has 6 heteroatoms. The van der Waals surface area contributed by atoms with Gasteiger partial charge < -0.3 is 14.6 Å². The molecule has 1 aliphatic heterocycles. The van der Waals surface area contributed by atoms with Crippen molar-refractivity contribution in [2.75, 3.05) is 13.2 Å². The van der Waals surface area contributed by atoms with E-state index in [2.05, 4.69) is 0 Å². The monoisotopic (exact) mass is 272 g/mol. The molecule has 1 aromatic rings. The van der Waals surface area contributed by atoms with E-state index in [4.69, 9.17) is 14.6 Å². The van der Waals surface area contributed by atoms with Crippen LogP contribution in [-0.4, -0.2) is 24.3 Å². The van der Waals surface area contributed by atoms with Crippen molar-refractivity contribution in [2.45, 2.75) is 20.3 Å². The highest BCUT2D eigenvalue weighted by atomic mass is 19.2. The first-order valence-electron chi connectivity index (χ1n) is 5.83. The lowest BCUT2D eigenvalue weighted by molar-refractivity contribution is -0.146. The standard InChI is InChI=1S/C13H14F2O4/c1-13(2,12(16)17)6-7-10(15)8(14)5-9-11(7)19-4-3-18-9/h5H,3-4,6H2,1-2H3,(H,16,17). The van der Waals surface area contributed by atoms with Crippen molar-refractivity contribution in [3.05, 3.63) is 23.3 Å². The molecule has 0 bridgehead atoms. The van der Waals surface area contributed by atoms with E-state index in [-0.39, 0.29) is 36.7 Å². The maximum Gasteiger partial charge on any atom is 0.309 e. The molecule has 4 nitrogen and oxygen atoms in total. The maximum absolute atomic E-state index is 13.9. The lowest BCUT2D eigenvalue weighted by Crippen LogP contribution is -2.28. The minimum absolute atomic E-state index is 0.0953. The highest BCUT2D eigenvalue weighted by Gasteiger charge is 2.33. The number of ether oxygens (including phenoxy) is 2. The molecule has 19 heavy (non-hydrogen) atoms. The third-order valence-electron chi connectivity index (χ3n) is 3.02. The molecule has 0 atom stereocenters. The quantitative estimate of drug-likeness (QED) is 0.918. The average Bonchev–Trinajstić information content (AvgIpc) is 2.34. The number of hydrogen-bond donors (Lipinski definition) is 1. The van der Waals surface area contributed by atoms with Crippen molar-refractivity contribution in [2.24, 2.45) is 5.41 Å². The van der Waals surface area contributed by atoms with Crippen LogP contribution in [0.1, 0.15) is 19.4 Å². The number of fused-ring (bicyclic) bond motifs is 1. The zero-order chi connectivity index (χ0) is 14.2. The molecule has 1 heterocycles. The van der Waals surface area contributed by atoms with E-state index >= 15 is 0 Å². The Morgan fingerprint density at radius 3 is 2.63 bits per heavy atom. The summed E-state index contributed by atoms with van der Waals surface area (Å²) in [4.78, 5) is 11.1. The Hall–Kier alpha value is -1.85. The Kier molecular flexibility index (Phi) is 3.34. The van der Waals surface area contributed by atoms with E-state index in [1.165, 1.54) is 13.8 Å². The fourth-order valence-corrected chi connectivity index (χ4v) is 1.87. The fourth-order valence-electron chi connectivity index (χ4n) is 1.87. The van der Waals surface area contributed by atoms with Crippen LogP contribution in [0.5, 0.6) is 11.5 Å². The Bertz CT molecular complexity index is 526. The molecule has 1 aliphatic rings. The van der Waals surface area contributed by atoms with Crippen LogP contribution in [0.15, 0.2) is 6.07 Å². The summed E-state index contributed by atoms with van der Waals surface area (Å²) in [5, 5.41) is 9.08. The summed E-state index contributed by atoms with van der Waals surface area (Å²) in [6, 6.07) is 0.918. The number of carboxylic acids is 1. The van der Waals surface area contributed by atoms with Gasteiger partial charge in [0, 0.05) is 11.6 Å². The first-order chi connectivity index (χ1) is 8.83. The van der Waals surface area contributed by atoms with E-state index in [1.807, 2.05) is 0 Å². The van der Waals surface area contributed by atoms with Gasteiger partial charge in [-0.3, -0.25) is 4.79 Å². The molecule has 1 N–H and O–H groups in total. The largest absolute Gasteiger partial charge is 0.486 e. The summed E-state index contributed by atoms with van der Waals surface area (Å²) in [5.74, 6) is -3.04. The zero-order valence-electron chi connectivity index (χ0n) is 10.6. The molecular weight excluding hydrogens is 258 g/mol. The smallest absolute Gasteiger partial charge is 0.309 e. The molecule has 0 aromatic heterocycles. The van der Waals surface area contributed by atoms with Crippen molar-refractivity contribution in [3.8, 4) is 11.5 Å². The molecule has 2 rings (SSSR count). The van der Waals surface area contributed by atoms with Crippen LogP contribution in [0.2, 0.25) is 0 Å². The lowest BCUT2D eigenvalue weighted by atomic mass is 9.85. The van der Waals surface area contributed by atoms with E-state index in [0.29, 0.717) is 0 Å². The second-order valence-corrected chi connectivity index (χ2v) is 5.04. The van der Waals surface area contributed by atoms with Gasteiger partial charge in [-0.05, 0) is 20.3 Å². The first kappa shape index (κ1) is 13.6. The van der Waals surface area contributed by atoms with Crippen LogP contribution in [0.4, 0.5) is 8.78 Å². The van der Waals surface area contributed by atoms with Crippen molar-refractivity contribution in [1.82, 2.24) is 0 Å². The second-order valence-electron chi connectivity index (χ2n) is 5.04. The Morgan fingerprint density at radius 2 is 2.00 bits per heavy atom. The van der Waals surface area contributed by atoms with Crippen molar-refractivity contribution in [3.63, 3.8) is 0 Å². The number of hydrogen-bond acceptors (Lipinski definition) is 3. The number of carboxylic acid groups (broad SMARTS) is 1. The van der Waals surface area contributed by atoms with Crippen LogP contribution in [0, 0.1) is 17.0 Å². The number of benzene rings is 1. The van der Waals surface area contributed by atoms with Crippen LogP contribution in [0.25, 0.3) is 0 Å². The van der Waals surface area contributed by atoms with Crippen molar-refractivity contribution < 1.29 is 28.2 Å². The van der Waals surface area contributed by atoms with Gasteiger partial charge in [0.15, 0.2) is 23.1 Å². The van der Waals surface area contributed by atoms with Crippen LogP contribution < -0.4 is 9.47 Å². The summed E-state index contributed by atoms with van der Waals surface area (Å²) in [7, 11) is 0. The van der Waals surface area contributed by atoms with Crippen LogP contribution in [0.3, 0.4) is 0 Å². The highest BCUT2D eigenvalue weighted by Crippen LogP contribution is 2.40. The zero-order valence-corrected chi connectivity index (χ0v) is 10.6. The molecule has 0 amide bonds. The summed E-state index contributed by atoms with van der Waals surface area (Å²) < 4.78 is 37.9. The number of halogens is 2. The van der Waals surface area contributed by atoms with Crippen molar-refractivity contribution in [1.29, 1.82) is 0 Å². The molecular formula is C13H14F2O4. The highest BCUT2D eigenvalue weighted by molar-refractivity contribution is 5.74.